The molecule has 2 aliphatic carbocycles. The second kappa shape index (κ2) is 4.46. The van der Waals surface area contributed by atoms with Crippen molar-refractivity contribution in [3.8, 4) is 0 Å². The summed E-state index contributed by atoms with van der Waals surface area (Å²) in [6, 6.07) is 19.5. The van der Waals surface area contributed by atoms with E-state index in [9.17, 15) is 0 Å². The third kappa shape index (κ3) is 1.98. The van der Waals surface area contributed by atoms with Gasteiger partial charge in [-0.25, -0.2) is 0 Å². The number of fused-ring (bicyclic) bond motifs is 1. The molecule has 0 bridgehead atoms. The van der Waals surface area contributed by atoms with Crippen molar-refractivity contribution in [3.63, 3.8) is 0 Å². The highest BCUT2D eigenvalue weighted by Gasteiger charge is 2.45. The summed E-state index contributed by atoms with van der Waals surface area (Å²) in [7, 11) is 0. The van der Waals surface area contributed by atoms with Crippen molar-refractivity contribution < 1.29 is 0 Å². The van der Waals surface area contributed by atoms with Crippen molar-refractivity contribution in [1.82, 2.24) is 0 Å². The van der Waals surface area contributed by atoms with Crippen LogP contribution < -0.4 is 0 Å². The van der Waals surface area contributed by atoms with Crippen molar-refractivity contribution >= 4 is 17.2 Å². The quantitative estimate of drug-likeness (QED) is 0.646. The lowest BCUT2D eigenvalue weighted by atomic mass is 9.89. The minimum absolute atomic E-state index is 0.393. The molecule has 0 unspecified atom stereocenters. The minimum atomic E-state index is 0.393. The highest BCUT2D eigenvalue weighted by molar-refractivity contribution is 6.06. The summed E-state index contributed by atoms with van der Waals surface area (Å²) < 4.78 is 0. The van der Waals surface area contributed by atoms with Crippen LogP contribution in [0.25, 0.3) is 17.2 Å². The van der Waals surface area contributed by atoms with Crippen LogP contribution in [0.5, 0.6) is 0 Å². The van der Waals surface area contributed by atoms with Gasteiger partial charge in [-0.05, 0) is 64.7 Å². The van der Waals surface area contributed by atoms with Crippen LogP contribution in [0.3, 0.4) is 0 Å². The van der Waals surface area contributed by atoms with Crippen LogP contribution in [-0.4, -0.2) is 0 Å². The highest BCUT2D eigenvalue weighted by atomic mass is 14.5. The average Bonchev–Trinajstić information content (AvgIpc) is 3.19. The molecule has 0 saturated heterocycles. The van der Waals surface area contributed by atoms with Gasteiger partial charge in [0, 0.05) is 0 Å². The SMILES string of the molecule is CC1=C(C2(C)CC2)/C(=C/c2ccccc2)c2ccccc21. The van der Waals surface area contributed by atoms with E-state index in [2.05, 4.69) is 74.5 Å². The van der Waals surface area contributed by atoms with Crippen molar-refractivity contribution in [3.05, 3.63) is 76.9 Å². The predicted molar refractivity (Wildman–Crippen MR) is 90.7 cm³/mol. The van der Waals surface area contributed by atoms with Crippen LogP contribution >= 0.6 is 0 Å². The van der Waals surface area contributed by atoms with Gasteiger partial charge in [0.1, 0.15) is 0 Å². The fourth-order valence-corrected chi connectivity index (χ4v) is 3.60. The van der Waals surface area contributed by atoms with E-state index in [4.69, 9.17) is 0 Å². The number of benzene rings is 2. The van der Waals surface area contributed by atoms with Crippen molar-refractivity contribution in [2.45, 2.75) is 26.7 Å². The first-order chi connectivity index (χ1) is 10.2. The Labute approximate surface area is 126 Å². The number of hydrogen-bond acceptors (Lipinski definition) is 0. The van der Waals surface area contributed by atoms with Crippen LogP contribution in [0.1, 0.15) is 43.4 Å². The van der Waals surface area contributed by atoms with E-state index in [1.165, 1.54) is 40.7 Å². The molecule has 2 aromatic carbocycles. The molecule has 0 heteroatoms. The van der Waals surface area contributed by atoms with E-state index in [0.717, 1.165) is 0 Å². The van der Waals surface area contributed by atoms with Gasteiger partial charge in [-0.2, -0.15) is 0 Å². The largest absolute Gasteiger partial charge is 0.0622 e. The summed E-state index contributed by atoms with van der Waals surface area (Å²) in [5, 5.41) is 0. The van der Waals surface area contributed by atoms with E-state index in [0.29, 0.717) is 5.41 Å². The first kappa shape index (κ1) is 12.6. The van der Waals surface area contributed by atoms with Crippen molar-refractivity contribution in [2.75, 3.05) is 0 Å². The molecule has 0 radical (unpaired) electrons. The second-order valence-electron chi connectivity index (χ2n) is 6.57. The van der Waals surface area contributed by atoms with Gasteiger partial charge < -0.3 is 0 Å². The Kier molecular flexibility index (Phi) is 2.68. The molecule has 21 heavy (non-hydrogen) atoms. The Hall–Kier alpha value is -2.08. The second-order valence-corrected chi connectivity index (χ2v) is 6.57. The van der Waals surface area contributed by atoms with E-state index in [1.807, 2.05) is 0 Å². The first-order valence-corrected chi connectivity index (χ1v) is 7.77. The molecule has 0 aliphatic heterocycles. The Bertz CT molecular complexity index is 756. The maximum Gasteiger partial charge on any atom is -0.00656 e. The van der Waals surface area contributed by atoms with Gasteiger partial charge in [0.15, 0.2) is 0 Å². The molecule has 4 rings (SSSR count). The van der Waals surface area contributed by atoms with E-state index in [1.54, 1.807) is 5.57 Å². The summed E-state index contributed by atoms with van der Waals surface area (Å²) in [6.45, 7) is 4.71. The first-order valence-electron chi connectivity index (χ1n) is 7.77. The van der Waals surface area contributed by atoms with E-state index < -0.39 is 0 Å². The lowest BCUT2D eigenvalue weighted by molar-refractivity contribution is 0.719. The van der Waals surface area contributed by atoms with Gasteiger partial charge in [-0.3, -0.25) is 0 Å². The fraction of sp³-hybridized carbons (Fsp3) is 0.238. The zero-order chi connectivity index (χ0) is 14.4. The molecule has 0 heterocycles. The summed E-state index contributed by atoms with van der Waals surface area (Å²) in [4.78, 5) is 0. The maximum atomic E-state index is 2.41. The van der Waals surface area contributed by atoms with Crippen molar-refractivity contribution in [2.24, 2.45) is 5.41 Å². The monoisotopic (exact) mass is 272 g/mol. The molecule has 2 aromatic rings. The number of allylic oxidation sites excluding steroid dienone is 3. The van der Waals surface area contributed by atoms with Gasteiger partial charge in [0.05, 0.1) is 0 Å². The van der Waals surface area contributed by atoms with Gasteiger partial charge >= 0.3 is 0 Å². The minimum Gasteiger partial charge on any atom is -0.0622 e. The molecule has 0 N–H and O–H groups in total. The van der Waals surface area contributed by atoms with Crippen LogP contribution in [0.15, 0.2) is 60.2 Å². The molecule has 0 aromatic heterocycles. The summed E-state index contributed by atoms with van der Waals surface area (Å²) >= 11 is 0. The Balaban J connectivity index is 1.93. The summed E-state index contributed by atoms with van der Waals surface area (Å²) in [6.07, 6.45) is 5.01. The van der Waals surface area contributed by atoms with Crippen LogP contribution in [0, 0.1) is 5.41 Å². The van der Waals surface area contributed by atoms with Crippen LogP contribution in [0.2, 0.25) is 0 Å². The Morgan fingerprint density at radius 3 is 2.14 bits per heavy atom. The zero-order valence-corrected chi connectivity index (χ0v) is 12.7. The molecule has 0 nitrogen and oxygen atoms in total. The third-order valence-electron chi connectivity index (χ3n) is 4.98. The van der Waals surface area contributed by atoms with Gasteiger partial charge in [0.25, 0.3) is 0 Å². The molecular weight excluding hydrogens is 252 g/mol. The molecule has 1 fully saturated rings. The molecule has 0 spiro atoms. The predicted octanol–water partition coefficient (Wildman–Crippen LogP) is 5.81. The van der Waals surface area contributed by atoms with Gasteiger partial charge in [-0.1, -0.05) is 61.5 Å². The van der Waals surface area contributed by atoms with Crippen LogP contribution in [0.4, 0.5) is 0 Å². The topological polar surface area (TPSA) is 0 Å². The standard InChI is InChI=1S/C21H20/c1-15-17-10-6-7-11-18(17)19(20(15)21(2)12-13-21)14-16-8-4-3-5-9-16/h3-11,14H,12-13H2,1-2H3/b19-14+. The van der Waals surface area contributed by atoms with Gasteiger partial charge in [0.2, 0.25) is 0 Å². The van der Waals surface area contributed by atoms with Gasteiger partial charge in [-0.15, -0.1) is 0 Å². The maximum absolute atomic E-state index is 2.41. The number of rotatable bonds is 2. The highest BCUT2D eigenvalue weighted by Crippen LogP contribution is 2.60. The van der Waals surface area contributed by atoms with E-state index in [-0.39, 0.29) is 0 Å². The molecule has 0 atom stereocenters. The van der Waals surface area contributed by atoms with Crippen LogP contribution in [-0.2, 0) is 0 Å². The summed E-state index contributed by atoms with van der Waals surface area (Å²) in [5.74, 6) is 0. The Morgan fingerprint density at radius 2 is 1.48 bits per heavy atom. The number of hydrogen-bond donors (Lipinski definition) is 0. The smallest absolute Gasteiger partial charge is 0.00656 e. The zero-order valence-electron chi connectivity index (χ0n) is 12.7. The lowest BCUT2D eigenvalue weighted by Gasteiger charge is -2.15. The fourth-order valence-electron chi connectivity index (χ4n) is 3.60. The third-order valence-corrected chi connectivity index (χ3v) is 4.98. The molecule has 2 aliphatic rings. The summed E-state index contributed by atoms with van der Waals surface area (Å²) in [5.41, 5.74) is 9.00. The van der Waals surface area contributed by atoms with E-state index >= 15 is 0 Å². The average molecular weight is 272 g/mol. The molecule has 0 amide bonds. The van der Waals surface area contributed by atoms with Crippen molar-refractivity contribution in [1.29, 1.82) is 0 Å². The molecule has 104 valence electrons. The lowest BCUT2D eigenvalue weighted by Crippen LogP contribution is -1.99. The molecular formula is C21H20. The Morgan fingerprint density at radius 1 is 0.857 bits per heavy atom. The molecule has 1 saturated carbocycles. The normalized spacial score (nSPS) is 20.8.